The van der Waals surface area contributed by atoms with Crippen LogP contribution in [0.4, 0.5) is 5.88 Å². The van der Waals surface area contributed by atoms with E-state index in [0.717, 1.165) is 6.42 Å². The predicted molar refractivity (Wildman–Crippen MR) is 54.9 cm³/mol. The molecule has 0 spiro atoms. The monoisotopic (exact) mass is 196 g/mol. The zero-order chi connectivity index (χ0) is 10.6. The molecule has 3 N–H and O–H groups in total. The van der Waals surface area contributed by atoms with Gasteiger partial charge in [0.05, 0.1) is 0 Å². The molecule has 0 aliphatic heterocycles. The topological polar surface area (TPSA) is 68.3 Å². The van der Waals surface area contributed by atoms with E-state index in [1.54, 1.807) is 12.1 Å². The van der Waals surface area contributed by atoms with Crippen LogP contribution in [0.3, 0.4) is 0 Å². The van der Waals surface area contributed by atoms with E-state index in [2.05, 4.69) is 19.2 Å². The molecule has 1 rings (SSSR count). The fourth-order valence-electron chi connectivity index (χ4n) is 1.04. The van der Waals surface area contributed by atoms with Crippen molar-refractivity contribution >= 4 is 11.8 Å². The van der Waals surface area contributed by atoms with Gasteiger partial charge in [0.1, 0.15) is 0 Å². The molecule has 0 bridgehead atoms. The van der Waals surface area contributed by atoms with Crippen molar-refractivity contribution < 1.29 is 9.21 Å². The second-order valence-corrected chi connectivity index (χ2v) is 3.64. The molecule has 0 saturated carbocycles. The summed E-state index contributed by atoms with van der Waals surface area (Å²) in [5, 5.41) is 2.76. The van der Waals surface area contributed by atoms with Crippen LogP contribution in [-0.2, 0) is 0 Å². The molecule has 0 aromatic carbocycles. The van der Waals surface area contributed by atoms with Gasteiger partial charge in [-0.1, -0.05) is 13.8 Å². The summed E-state index contributed by atoms with van der Waals surface area (Å²) in [5.41, 5.74) is 5.35. The molecule has 1 amide bonds. The molecule has 4 nitrogen and oxygen atoms in total. The smallest absolute Gasteiger partial charge is 0.287 e. The highest BCUT2D eigenvalue weighted by molar-refractivity contribution is 5.91. The molecule has 14 heavy (non-hydrogen) atoms. The normalized spacial score (nSPS) is 10.5. The zero-order valence-electron chi connectivity index (χ0n) is 8.54. The minimum atomic E-state index is -0.206. The molecule has 0 fully saturated rings. The lowest BCUT2D eigenvalue weighted by Gasteiger charge is -2.04. The lowest BCUT2D eigenvalue weighted by Crippen LogP contribution is -2.24. The zero-order valence-corrected chi connectivity index (χ0v) is 8.54. The average molecular weight is 196 g/mol. The molecule has 1 aromatic heterocycles. The summed E-state index contributed by atoms with van der Waals surface area (Å²) in [5.74, 6) is 0.907. The van der Waals surface area contributed by atoms with Crippen molar-refractivity contribution in [2.45, 2.75) is 20.3 Å². The van der Waals surface area contributed by atoms with Gasteiger partial charge in [-0.15, -0.1) is 0 Å². The Bertz CT molecular complexity index is 305. The standard InChI is InChI=1S/C10H16N2O2/c1-7(2)5-6-12-10(13)8-3-4-9(11)14-8/h3-4,7H,5-6,11H2,1-2H3,(H,12,13). The van der Waals surface area contributed by atoms with Crippen molar-refractivity contribution in [3.63, 3.8) is 0 Å². The SMILES string of the molecule is CC(C)CCNC(=O)c1ccc(N)o1. The maximum absolute atomic E-state index is 11.4. The number of furan rings is 1. The summed E-state index contributed by atoms with van der Waals surface area (Å²) in [6.07, 6.45) is 0.960. The van der Waals surface area contributed by atoms with Crippen LogP contribution in [0.2, 0.25) is 0 Å². The Morgan fingerprint density at radius 3 is 2.79 bits per heavy atom. The summed E-state index contributed by atoms with van der Waals surface area (Å²) in [4.78, 5) is 11.4. The van der Waals surface area contributed by atoms with Crippen LogP contribution in [0, 0.1) is 5.92 Å². The first kappa shape index (κ1) is 10.6. The summed E-state index contributed by atoms with van der Waals surface area (Å²) >= 11 is 0. The number of carbonyl (C=O) groups is 1. The quantitative estimate of drug-likeness (QED) is 0.769. The van der Waals surface area contributed by atoms with Gasteiger partial charge in [0.2, 0.25) is 0 Å². The van der Waals surface area contributed by atoms with Crippen molar-refractivity contribution in [2.24, 2.45) is 5.92 Å². The van der Waals surface area contributed by atoms with Crippen molar-refractivity contribution in [1.82, 2.24) is 5.32 Å². The molecule has 1 aromatic rings. The minimum Gasteiger partial charge on any atom is -0.436 e. The summed E-state index contributed by atoms with van der Waals surface area (Å²) in [7, 11) is 0. The number of nitrogens with two attached hydrogens (primary N) is 1. The molecule has 1 heterocycles. The summed E-state index contributed by atoms with van der Waals surface area (Å²) < 4.78 is 4.97. The maximum atomic E-state index is 11.4. The second-order valence-electron chi connectivity index (χ2n) is 3.64. The highest BCUT2D eigenvalue weighted by atomic mass is 16.4. The first-order chi connectivity index (χ1) is 6.59. The Hall–Kier alpha value is -1.45. The molecule has 4 heteroatoms. The fraction of sp³-hybridized carbons (Fsp3) is 0.500. The number of rotatable bonds is 4. The summed E-state index contributed by atoms with van der Waals surface area (Å²) in [6.45, 7) is 4.88. The molecular formula is C10H16N2O2. The van der Waals surface area contributed by atoms with Gasteiger partial charge < -0.3 is 15.5 Å². The van der Waals surface area contributed by atoms with Crippen LogP contribution >= 0.6 is 0 Å². The molecule has 0 aliphatic carbocycles. The van der Waals surface area contributed by atoms with Gasteiger partial charge in [-0.05, 0) is 18.4 Å². The minimum absolute atomic E-state index is 0.206. The fourth-order valence-corrected chi connectivity index (χ4v) is 1.04. The van der Waals surface area contributed by atoms with Crippen molar-refractivity contribution in [1.29, 1.82) is 0 Å². The van der Waals surface area contributed by atoms with Crippen molar-refractivity contribution in [2.75, 3.05) is 12.3 Å². The summed E-state index contributed by atoms with van der Waals surface area (Å²) in [6, 6.07) is 3.14. The number of nitrogen functional groups attached to an aromatic ring is 1. The van der Waals surface area contributed by atoms with Gasteiger partial charge in [0, 0.05) is 12.6 Å². The number of hydrogen-bond acceptors (Lipinski definition) is 3. The first-order valence-electron chi connectivity index (χ1n) is 4.73. The molecule has 0 atom stereocenters. The highest BCUT2D eigenvalue weighted by Crippen LogP contribution is 2.08. The molecular weight excluding hydrogens is 180 g/mol. The van der Waals surface area contributed by atoms with E-state index in [9.17, 15) is 4.79 Å². The van der Waals surface area contributed by atoms with Gasteiger partial charge in [-0.3, -0.25) is 4.79 Å². The average Bonchev–Trinajstić information content (AvgIpc) is 2.51. The maximum Gasteiger partial charge on any atom is 0.287 e. The van der Waals surface area contributed by atoms with Gasteiger partial charge >= 0.3 is 0 Å². The van der Waals surface area contributed by atoms with Gasteiger partial charge in [-0.25, -0.2) is 0 Å². The van der Waals surface area contributed by atoms with E-state index < -0.39 is 0 Å². The Morgan fingerprint density at radius 2 is 2.29 bits per heavy atom. The molecule has 0 aliphatic rings. The molecule has 0 unspecified atom stereocenters. The number of amides is 1. The Morgan fingerprint density at radius 1 is 1.57 bits per heavy atom. The van der Waals surface area contributed by atoms with E-state index in [1.807, 2.05) is 0 Å². The van der Waals surface area contributed by atoms with Crippen LogP contribution in [0.25, 0.3) is 0 Å². The van der Waals surface area contributed by atoms with Gasteiger partial charge in [-0.2, -0.15) is 0 Å². The van der Waals surface area contributed by atoms with Gasteiger partial charge in [0.25, 0.3) is 5.91 Å². The third kappa shape index (κ3) is 3.12. The molecule has 0 saturated heterocycles. The molecule has 78 valence electrons. The Balaban J connectivity index is 2.36. The number of hydrogen-bond donors (Lipinski definition) is 2. The van der Waals surface area contributed by atoms with E-state index in [1.165, 1.54) is 0 Å². The highest BCUT2D eigenvalue weighted by Gasteiger charge is 2.08. The first-order valence-corrected chi connectivity index (χ1v) is 4.73. The van der Waals surface area contributed by atoms with Crippen molar-refractivity contribution in [3.05, 3.63) is 17.9 Å². The van der Waals surface area contributed by atoms with Crippen molar-refractivity contribution in [3.8, 4) is 0 Å². The van der Waals surface area contributed by atoms with Crippen LogP contribution in [0.1, 0.15) is 30.8 Å². The second kappa shape index (κ2) is 4.69. The number of carbonyl (C=O) groups excluding carboxylic acids is 1. The van der Waals surface area contributed by atoms with E-state index >= 15 is 0 Å². The molecule has 0 radical (unpaired) electrons. The van der Waals surface area contributed by atoms with E-state index in [4.69, 9.17) is 10.2 Å². The Labute approximate surface area is 83.5 Å². The lowest BCUT2D eigenvalue weighted by atomic mass is 10.1. The number of anilines is 1. The predicted octanol–water partition coefficient (Wildman–Crippen LogP) is 1.64. The van der Waals surface area contributed by atoms with Gasteiger partial charge in [0.15, 0.2) is 11.6 Å². The van der Waals surface area contributed by atoms with Crippen LogP contribution in [-0.4, -0.2) is 12.5 Å². The third-order valence-electron chi connectivity index (χ3n) is 1.86. The van der Waals surface area contributed by atoms with E-state index in [-0.39, 0.29) is 17.6 Å². The third-order valence-corrected chi connectivity index (χ3v) is 1.86. The lowest BCUT2D eigenvalue weighted by molar-refractivity contribution is 0.0925. The van der Waals surface area contributed by atoms with E-state index in [0.29, 0.717) is 12.5 Å². The number of nitrogens with one attached hydrogen (secondary N) is 1. The van der Waals surface area contributed by atoms with Crippen LogP contribution in [0.15, 0.2) is 16.5 Å². The largest absolute Gasteiger partial charge is 0.436 e. The van der Waals surface area contributed by atoms with Crippen LogP contribution in [0.5, 0.6) is 0 Å². The Kier molecular flexibility index (Phi) is 3.56. The van der Waals surface area contributed by atoms with Crippen LogP contribution < -0.4 is 11.1 Å².